The molecule has 5 heteroatoms. The maximum Gasteiger partial charge on any atom is 0.136 e. The molecule has 1 heterocycles. The van der Waals surface area contributed by atoms with Gasteiger partial charge in [0.25, 0.3) is 0 Å². The third-order valence-electron chi connectivity index (χ3n) is 4.22. The van der Waals surface area contributed by atoms with Crippen LogP contribution in [0.5, 0.6) is 0 Å². The molecule has 3 rings (SSSR count). The third kappa shape index (κ3) is 4.04. The number of nitrogens with zero attached hydrogens (tertiary/aromatic N) is 2. The molecule has 0 aliphatic carbocycles. The zero-order valence-corrected chi connectivity index (χ0v) is 17.2. The second-order valence-electron chi connectivity index (χ2n) is 6.11. The molecule has 0 atom stereocenters. The topological polar surface area (TPSA) is 48.7 Å². The Hall–Kier alpha value is -2.42. The summed E-state index contributed by atoms with van der Waals surface area (Å²) in [4.78, 5) is 4.65. The van der Waals surface area contributed by atoms with Gasteiger partial charge in [-0.2, -0.15) is 5.26 Å². The number of benzene rings is 2. The van der Waals surface area contributed by atoms with Gasteiger partial charge in [-0.3, -0.25) is 0 Å². The van der Waals surface area contributed by atoms with E-state index in [9.17, 15) is 5.26 Å². The summed E-state index contributed by atoms with van der Waals surface area (Å²) >= 11 is 4.94. The monoisotopic (exact) mass is 423 g/mol. The Labute approximate surface area is 166 Å². The maximum atomic E-state index is 9.53. The maximum absolute atomic E-state index is 9.53. The number of aromatic nitrogens is 1. The standard InChI is InChI=1S/C21H18BrN3S/c1-13-4-5-16(8-14(13)2)20-12-26-21(25-20)17(10-23)11-24-19-7-6-18(22)9-15(19)3/h4-9,11-12,24H,1-3H3/b17-11-. The molecule has 0 saturated carbocycles. The van der Waals surface area contributed by atoms with Gasteiger partial charge in [0.05, 0.1) is 5.69 Å². The molecule has 0 unspecified atom stereocenters. The zero-order chi connectivity index (χ0) is 18.7. The van der Waals surface area contributed by atoms with Crippen molar-refractivity contribution in [3.63, 3.8) is 0 Å². The minimum atomic E-state index is 0.521. The summed E-state index contributed by atoms with van der Waals surface area (Å²) in [7, 11) is 0. The van der Waals surface area contributed by atoms with E-state index in [0.29, 0.717) is 10.6 Å². The van der Waals surface area contributed by atoms with E-state index in [-0.39, 0.29) is 0 Å². The van der Waals surface area contributed by atoms with E-state index in [2.05, 4.69) is 64.3 Å². The van der Waals surface area contributed by atoms with E-state index < -0.39 is 0 Å². The van der Waals surface area contributed by atoms with E-state index in [1.54, 1.807) is 6.20 Å². The Morgan fingerprint density at radius 3 is 2.62 bits per heavy atom. The molecule has 3 nitrogen and oxygen atoms in total. The Balaban J connectivity index is 1.86. The van der Waals surface area contributed by atoms with Gasteiger partial charge >= 0.3 is 0 Å². The lowest BCUT2D eigenvalue weighted by Gasteiger charge is -2.06. The molecule has 0 fully saturated rings. The fraction of sp³-hybridized carbons (Fsp3) is 0.143. The second-order valence-corrected chi connectivity index (χ2v) is 7.88. The molecule has 2 aromatic carbocycles. The van der Waals surface area contributed by atoms with Crippen molar-refractivity contribution in [1.82, 2.24) is 4.98 Å². The van der Waals surface area contributed by atoms with Crippen LogP contribution in [0, 0.1) is 32.1 Å². The van der Waals surface area contributed by atoms with Crippen molar-refractivity contribution in [1.29, 1.82) is 5.26 Å². The molecule has 0 amide bonds. The van der Waals surface area contributed by atoms with Crippen LogP contribution in [0.4, 0.5) is 5.69 Å². The van der Waals surface area contributed by atoms with Gasteiger partial charge < -0.3 is 5.32 Å². The van der Waals surface area contributed by atoms with Gasteiger partial charge in [-0.05, 0) is 61.7 Å². The highest BCUT2D eigenvalue weighted by Crippen LogP contribution is 2.28. The number of nitrogens with one attached hydrogen (secondary N) is 1. The largest absolute Gasteiger partial charge is 0.360 e. The van der Waals surface area contributed by atoms with Crippen LogP contribution in [0.1, 0.15) is 21.7 Å². The van der Waals surface area contributed by atoms with Gasteiger partial charge in [0.15, 0.2) is 0 Å². The first kappa shape index (κ1) is 18.4. The lowest BCUT2D eigenvalue weighted by Crippen LogP contribution is -1.93. The molecule has 0 radical (unpaired) electrons. The SMILES string of the molecule is Cc1ccc(-c2csc(/C(C#N)=C\Nc3ccc(Br)cc3C)n2)cc1C. The van der Waals surface area contributed by atoms with Crippen molar-refractivity contribution < 1.29 is 0 Å². The summed E-state index contributed by atoms with van der Waals surface area (Å²) in [5.41, 5.74) is 7.05. The summed E-state index contributed by atoms with van der Waals surface area (Å²) in [5.74, 6) is 0. The molecule has 130 valence electrons. The minimum Gasteiger partial charge on any atom is -0.360 e. The fourth-order valence-electron chi connectivity index (χ4n) is 2.51. The van der Waals surface area contributed by atoms with E-state index >= 15 is 0 Å². The quantitative estimate of drug-likeness (QED) is 0.488. The van der Waals surface area contributed by atoms with Gasteiger partial charge in [0.2, 0.25) is 0 Å². The van der Waals surface area contributed by atoms with Gasteiger partial charge in [0.1, 0.15) is 16.6 Å². The first-order chi connectivity index (χ1) is 12.5. The molecule has 0 aliphatic rings. The van der Waals surface area contributed by atoms with Crippen LogP contribution in [-0.4, -0.2) is 4.98 Å². The summed E-state index contributed by atoms with van der Waals surface area (Å²) in [6.07, 6.45) is 1.72. The molecule has 1 N–H and O–H groups in total. The number of halogens is 1. The minimum absolute atomic E-state index is 0.521. The zero-order valence-electron chi connectivity index (χ0n) is 14.8. The predicted molar refractivity (Wildman–Crippen MR) is 113 cm³/mol. The van der Waals surface area contributed by atoms with Crippen LogP contribution in [0.2, 0.25) is 0 Å². The highest BCUT2D eigenvalue weighted by atomic mass is 79.9. The summed E-state index contributed by atoms with van der Waals surface area (Å²) in [5, 5.41) is 15.5. The van der Waals surface area contributed by atoms with Crippen molar-refractivity contribution >= 4 is 38.5 Å². The van der Waals surface area contributed by atoms with Gasteiger partial charge in [-0.25, -0.2) is 4.98 Å². The number of aryl methyl sites for hydroxylation is 3. The normalized spacial score (nSPS) is 11.3. The molecule has 26 heavy (non-hydrogen) atoms. The third-order valence-corrected chi connectivity index (χ3v) is 5.59. The highest BCUT2D eigenvalue weighted by molar-refractivity contribution is 9.10. The number of anilines is 1. The number of hydrogen-bond acceptors (Lipinski definition) is 4. The van der Waals surface area contributed by atoms with Crippen LogP contribution in [0.3, 0.4) is 0 Å². The Morgan fingerprint density at radius 2 is 1.92 bits per heavy atom. The fourth-order valence-corrected chi connectivity index (χ4v) is 3.78. The number of hydrogen-bond donors (Lipinski definition) is 1. The summed E-state index contributed by atoms with van der Waals surface area (Å²) in [6, 6.07) is 14.5. The molecular formula is C21H18BrN3S. The van der Waals surface area contributed by atoms with E-state index in [1.165, 1.54) is 22.5 Å². The van der Waals surface area contributed by atoms with Crippen molar-refractivity contribution in [2.24, 2.45) is 0 Å². The second kappa shape index (κ2) is 7.86. The molecular weight excluding hydrogens is 406 g/mol. The van der Waals surface area contributed by atoms with Gasteiger partial charge in [0, 0.05) is 27.3 Å². The smallest absolute Gasteiger partial charge is 0.136 e. The van der Waals surface area contributed by atoms with Crippen LogP contribution < -0.4 is 5.32 Å². The predicted octanol–water partition coefficient (Wildman–Crippen LogP) is 6.47. The molecule has 3 aromatic rings. The Kier molecular flexibility index (Phi) is 5.55. The molecule has 0 aliphatic heterocycles. The van der Waals surface area contributed by atoms with Gasteiger partial charge in [-0.1, -0.05) is 28.1 Å². The van der Waals surface area contributed by atoms with Crippen molar-refractivity contribution in [3.05, 3.63) is 74.1 Å². The van der Waals surface area contributed by atoms with Crippen molar-refractivity contribution in [3.8, 4) is 17.3 Å². The molecule has 1 aromatic heterocycles. The average Bonchev–Trinajstić information content (AvgIpc) is 3.09. The van der Waals surface area contributed by atoms with Crippen LogP contribution in [0.15, 0.2) is 52.5 Å². The van der Waals surface area contributed by atoms with Crippen LogP contribution >= 0.6 is 27.3 Å². The molecule has 0 saturated heterocycles. The number of nitriles is 1. The van der Waals surface area contributed by atoms with E-state index in [4.69, 9.17) is 0 Å². The van der Waals surface area contributed by atoms with Gasteiger partial charge in [-0.15, -0.1) is 11.3 Å². The van der Waals surface area contributed by atoms with E-state index in [0.717, 1.165) is 27.0 Å². The lowest BCUT2D eigenvalue weighted by molar-refractivity contribution is 1.31. The van der Waals surface area contributed by atoms with E-state index in [1.807, 2.05) is 30.5 Å². The number of thiazole rings is 1. The summed E-state index contributed by atoms with van der Waals surface area (Å²) in [6.45, 7) is 6.21. The van der Waals surface area contributed by atoms with Crippen molar-refractivity contribution in [2.75, 3.05) is 5.32 Å². The van der Waals surface area contributed by atoms with Crippen LogP contribution in [-0.2, 0) is 0 Å². The highest BCUT2D eigenvalue weighted by Gasteiger charge is 2.10. The molecule has 0 spiro atoms. The van der Waals surface area contributed by atoms with Crippen molar-refractivity contribution in [2.45, 2.75) is 20.8 Å². The molecule has 0 bridgehead atoms. The lowest BCUT2D eigenvalue weighted by atomic mass is 10.1. The number of allylic oxidation sites excluding steroid dienone is 1. The Morgan fingerprint density at radius 1 is 1.12 bits per heavy atom. The average molecular weight is 424 g/mol. The summed E-state index contributed by atoms with van der Waals surface area (Å²) < 4.78 is 1.03. The Bertz CT molecular complexity index is 1030. The van der Waals surface area contributed by atoms with Crippen LogP contribution in [0.25, 0.3) is 16.8 Å². The number of rotatable bonds is 4. The first-order valence-electron chi connectivity index (χ1n) is 8.14. The first-order valence-corrected chi connectivity index (χ1v) is 9.81.